The molecule has 0 saturated heterocycles. The van der Waals surface area contributed by atoms with Crippen LogP contribution in [0.1, 0.15) is 66.2 Å². The minimum absolute atomic E-state index is 0. The summed E-state index contributed by atoms with van der Waals surface area (Å²) in [6, 6.07) is 0. The van der Waals surface area contributed by atoms with Gasteiger partial charge in [-0.2, -0.15) is 0 Å². The molecular weight excluding hydrogens is 183 g/mol. The van der Waals surface area contributed by atoms with Crippen molar-refractivity contribution in [2.45, 2.75) is 66.2 Å². The van der Waals surface area contributed by atoms with Gasteiger partial charge in [0.1, 0.15) is 0 Å². The van der Waals surface area contributed by atoms with Gasteiger partial charge in [-0.3, -0.25) is 0 Å². The standard InChI is InChI=1S/C6H14.C4H10.Al.ClH.3H/c1-3-5-6-4-2;1-3-4-2;;;;;/h3-6H2,1-2H3;3-4H2,1-2H3;;1H;;;. The average Bonchev–Trinajstić information content (AvgIpc) is 2.01. The van der Waals surface area contributed by atoms with Gasteiger partial charge in [-0.15, -0.1) is 12.4 Å². The summed E-state index contributed by atoms with van der Waals surface area (Å²) >= 11 is 0. The summed E-state index contributed by atoms with van der Waals surface area (Å²) in [6.45, 7) is 8.82. The van der Waals surface area contributed by atoms with Crippen LogP contribution in [-0.4, -0.2) is 17.4 Å². The lowest BCUT2D eigenvalue weighted by Gasteiger charge is -1.86. The van der Waals surface area contributed by atoms with Crippen molar-refractivity contribution in [3.63, 3.8) is 0 Å². The monoisotopic (exact) mass is 210 g/mol. The van der Waals surface area contributed by atoms with E-state index in [-0.39, 0.29) is 29.8 Å². The largest absolute Gasteiger partial charge is 0.187 e. The second-order valence-electron chi connectivity index (χ2n) is 2.71. The van der Waals surface area contributed by atoms with Gasteiger partial charge in [-0.05, 0) is 0 Å². The van der Waals surface area contributed by atoms with Crippen LogP contribution in [0.2, 0.25) is 0 Å². The van der Waals surface area contributed by atoms with Gasteiger partial charge in [0.2, 0.25) is 0 Å². The molecule has 2 heteroatoms. The number of hydrogen-bond acceptors (Lipinski definition) is 0. The molecule has 0 spiro atoms. The zero-order valence-electron chi connectivity index (χ0n) is 8.65. The highest BCUT2D eigenvalue weighted by Gasteiger charge is 1.75. The van der Waals surface area contributed by atoms with E-state index < -0.39 is 0 Å². The van der Waals surface area contributed by atoms with E-state index in [1.807, 2.05) is 0 Å². The SMILES string of the molecule is CCCC.CCCCCC.Cl.[AlH3]. The quantitative estimate of drug-likeness (QED) is 0.491. The third-order valence-corrected chi connectivity index (χ3v) is 1.46. The predicted octanol–water partition coefficient (Wildman–Crippen LogP) is 3.63. The van der Waals surface area contributed by atoms with Gasteiger partial charge in [0.05, 0.1) is 0 Å². The number of halogens is 1. The molecule has 0 atom stereocenters. The molecule has 78 valence electrons. The molecule has 0 saturated carbocycles. The Labute approximate surface area is 96.1 Å². The van der Waals surface area contributed by atoms with Gasteiger partial charge in [-0.1, -0.05) is 66.2 Å². The van der Waals surface area contributed by atoms with E-state index in [1.54, 1.807) is 0 Å². The molecule has 0 rings (SSSR count). The van der Waals surface area contributed by atoms with Crippen LogP contribution in [0.15, 0.2) is 0 Å². The summed E-state index contributed by atoms with van der Waals surface area (Å²) < 4.78 is 0. The predicted molar refractivity (Wildman–Crippen MR) is 67.6 cm³/mol. The Hall–Kier alpha value is 0.822. The zero-order valence-corrected chi connectivity index (χ0v) is 9.47. The van der Waals surface area contributed by atoms with Crippen molar-refractivity contribution < 1.29 is 0 Å². The van der Waals surface area contributed by atoms with Crippen LogP contribution in [0.5, 0.6) is 0 Å². The molecule has 0 fully saturated rings. The fraction of sp³-hybridized carbons (Fsp3) is 1.00. The van der Waals surface area contributed by atoms with Crippen molar-refractivity contribution in [2.75, 3.05) is 0 Å². The van der Waals surface area contributed by atoms with Gasteiger partial charge in [0, 0.05) is 0 Å². The first kappa shape index (κ1) is 23.0. The second-order valence-corrected chi connectivity index (χ2v) is 2.71. The molecule has 0 N–H and O–H groups in total. The molecule has 0 aromatic heterocycles. The maximum absolute atomic E-state index is 2.23. The van der Waals surface area contributed by atoms with E-state index >= 15 is 0 Å². The summed E-state index contributed by atoms with van der Waals surface area (Å²) in [4.78, 5) is 0. The molecule has 12 heavy (non-hydrogen) atoms. The Kier molecular flexibility index (Phi) is 57.1. The minimum Gasteiger partial charge on any atom is -0.147 e. The summed E-state index contributed by atoms with van der Waals surface area (Å²) in [6.07, 6.45) is 8.18. The van der Waals surface area contributed by atoms with E-state index in [0.717, 1.165) is 0 Å². The lowest BCUT2D eigenvalue weighted by atomic mass is 10.2. The Bertz CT molecular complexity index is 34.8. The van der Waals surface area contributed by atoms with Crippen molar-refractivity contribution >= 4 is 29.8 Å². The molecule has 0 aliphatic carbocycles. The Balaban J connectivity index is -0.0000000483. The van der Waals surface area contributed by atoms with Gasteiger partial charge in [-0.25, -0.2) is 0 Å². The highest BCUT2D eigenvalue weighted by molar-refractivity contribution is 5.85. The molecular formula is C10H28AlCl. The summed E-state index contributed by atoms with van der Waals surface area (Å²) in [5, 5.41) is 0. The maximum atomic E-state index is 2.23. The van der Waals surface area contributed by atoms with Crippen molar-refractivity contribution in [3.8, 4) is 0 Å². The zero-order chi connectivity index (χ0) is 8.24. The van der Waals surface area contributed by atoms with Crippen molar-refractivity contribution in [2.24, 2.45) is 0 Å². The summed E-state index contributed by atoms with van der Waals surface area (Å²) in [5.41, 5.74) is 0. The fourth-order valence-corrected chi connectivity index (χ4v) is 0.500. The second kappa shape index (κ2) is 29.7. The fourth-order valence-electron chi connectivity index (χ4n) is 0.500. The van der Waals surface area contributed by atoms with Crippen LogP contribution >= 0.6 is 12.4 Å². The summed E-state index contributed by atoms with van der Waals surface area (Å²) in [7, 11) is 0. The molecule has 0 radical (unpaired) electrons. The lowest BCUT2D eigenvalue weighted by molar-refractivity contribution is 0.702. The van der Waals surface area contributed by atoms with Crippen molar-refractivity contribution in [1.29, 1.82) is 0 Å². The smallest absolute Gasteiger partial charge is 0.147 e. The molecule has 0 aliphatic rings. The van der Waals surface area contributed by atoms with Crippen molar-refractivity contribution in [3.05, 3.63) is 0 Å². The third-order valence-electron chi connectivity index (χ3n) is 1.46. The molecule has 0 aromatic rings. The van der Waals surface area contributed by atoms with Crippen LogP contribution in [-0.2, 0) is 0 Å². The molecule has 0 heterocycles. The van der Waals surface area contributed by atoms with Gasteiger partial charge in [0.25, 0.3) is 0 Å². The van der Waals surface area contributed by atoms with E-state index in [2.05, 4.69) is 27.7 Å². The lowest BCUT2D eigenvalue weighted by Crippen LogP contribution is -1.66. The molecule has 0 bridgehead atoms. The normalized spacial score (nSPS) is 7.00. The highest BCUT2D eigenvalue weighted by Crippen LogP contribution is 1.95. The van der Waals surface area contributed by atoms with Crippen LogP contribution in [0.3, 0.4) is 0 Å². The Morgan fingerprint density at radius 2 is 0.833 bits per heavy atom. The van der Waals surface area contributed by atoms with E-state index in [1.165, 1.54) is 38.5 Å². The Morgan fingerprint density at radius 1 is 0.583 bits per heavy atom. The van der Waals surface area contributed by atoms with Gasteiger partial charge in [0.15, 0.2) is 17.4 Å². The van der Waals surface area contributed by atoms with Crippen LogP contribution in [0.4, 0.5) is 0 Å². The molecule has 0 amide bonds. The van der Waals surface area contributed by atoms with Crippen LogP contribution in [0, 0.1) is 0 Å². The molecule has 0 aromatic carbocycles. The first-order valence-corrected chi connectivity index (χ1v) is 4.83. The number of rotatable bonds is 4. The molecule has 0 nitrogen and oxygen atoms in total. The van der Waals surface area contributed by atoms with Gasteiger partial charge < -0.3 is 0 Å². The first-order chi connectivity index (χ1) is 4.83. The van der Waals surface area contributed by atoms with Crippen LogP contribution < -0.4 is 0 Å². The van der Waals surface area contributed by atoms with E-state index in [0.29, 0.717) is 0 Å². The van der Waals surface area contributed by atoms with Crippen molar-refractivity contribution in [1.82, 2.24) is 0 Å². The highest BCUT2D eigenvalue weighted by atomic mass is 35.5. The number of hydrogen-bond donors (Lipinski definition) is 0. The topological polar surface area (TPSA) is 0 Å². The Morgan fingerprint density at radius 3 is 0.917 bits per heavy atom. The maximum Gasteiger partial charge on any atom is 0.187 e. The van der Waals surface area contributed by atoms with Crippen LogP contribution in [0.25, 0.3) is 0 Å². The number of unbranched alkanes of at least 4 members (excludes halogenated alkanes) is 4. The average molecular weight is 211 g/mol. The summed E-state index contributed by atoms with van der Waals surface area (Å²) in [5.74, 6) is 0. The van der Waals surface area contributed by atoms with E-state index in [9.17, 15) is 0 Å². The molecule has 0 aliphatic heterocycles. The molecule has 0 unspecified atom stereocenters. The minimum atomic E-state index is 0. The third kappa shape index (κ3) is 44.9. The first-order valence-electron chi connectivity index (χ1n) is 4.83. The van der Waals surface area contributed by atoms with E-state index in [4.69, 9.17) is 0 Å². The van der Waals surface area contributed by atoms with Gasteiger partial charge >= 0.3 is 0 Å².